The van der Waals surface area contributed by atoms with Crippen LogP contribution in [0.25, 0.3) is 5.69 Å². The number of rotatable bonds is 4. The fourth-order valence-electron chi connectivity index (χ4n) is 2.55. The molecule has 0 bridgehead atoms. The Kier molecular flexibility index (Phi) is 3.75. The molecule has 0 saturated carbocycles. The predicted octanol–water partition coefficient (Wildman–Crippen LogP) is 1.32. The van der Waals surface area contributed by atoms with E-state index < -0.39 is 0 Å². The van der Waals surface area contributed by atoms with Crippen LogP contribution < -0.4 is 10.6 Å². The molecule has 1 aliphatic rings. The highest BCUT2D eigenvalue weighted by atomic mass is 16.2. The molecule has 5 heteroatoms. The van der Waals surface area contributed by atoms with Gasteiger partial charge in [-0.1, -0.05) is 18.2 Å². The van der Waals surface area contributed by atoms with E-state index in [0.717, 1.165) is 35.7 Å². The van der Waals surface area contributed by atoms with Crippen LogP contribution in [-0.4, -0.2) is 28.8 Å². The second-order valence-electron chi connectivity index (χ2n) is 5.47. The number of carbonyl (C=O) groups excluding carboxylic acids is 1. The third-order valence-corrected chi connectivity index (χ3v) is 4.03. The fraction of sp³-hybridized carbons (Fsp3) is 0.375. The van der Waals surface area contributed by atoms with Crippen LogP contribution in [0.4, 0.5) is 0 Å². The maximum Gasteiger partial charge on any atom is 0.225 e. The molecule has 2 heterocycles. The number of aromatic nitrogens is 2. The highest BCUT2D eigenvalue weighted by Gasteiger charge is 2.25. The van der Waals surface area contributed by atoms with Gasteiger partial charge in [0.05, 0.1) is 17.3 Å². The summed E-state index contributed by atoms with van der Waals surface area (Å²) in [7, 11) is 0. The number of nitrogens with one attached hydrogen (secondary N) is 2. The lowest BCUT2D eigenvalue weighted by Gasteiger charge is -2.25. The highest BCUT2D eigenvalue weighted by Crippen LogP contribution is 2.17. The Labute approximate surface area is 124 Å². The topological polar surface area (TPSA) is 59.0 Å². The first-order chi connectivity index (χ1) is 10.2. The molecular weight excluding hydrogens is 264 g/mol. The Balaban J connectivity index is 1.77. The Bertz CT molecular complexity index is 644. The van der Waals surface area contributed by atoms with Gasteiger partial charge in [-0.15, -0.1) is 0 Å². The van der Waals surface area contributed by atoms with Gasteiger partial charge in [0.2, 0.25) is 5.91 Å². The second kappa shape index (κ2) is 5.69. The maximum absolute atomic E-state index is 11.9. The molecule has 0 atom stereocenters. The van der Waals surface area contributed by atoms with Crippen molar-refractivity contribution in [2.75, 3.05) is 13.1 Å². The zero-order valence-electron chi connectivity index (χ0n) is 12.4. The van der Waals surface area contributed by atoms with Crippen LogP contribution in [0, 0.1) is 19.8 Å². The summed E-state index contributed by atoms with van der Waals surface area (Å²) in [5, 5.41) is 10.7. The lowest BCUT2D eigenvalue weighted by Crippen LogP contribution is -2.50. The first-order valence-electron chi connectivity index (χ1n) is 7.26. The van der Waals surface area contributed by atoms with Gasteiger partial charge < -0.3 is 10.6 Å². The fourth-order valence-corrected chi connectivity index (χ4v) is 2.55. The number of hydrogen-bond donors (Lipinski definition) is 2. The average Bonchev–Trinajstić information content (AvgIpc) is 2.71. The predicted molar refractivity (Wildman–Crippen MR) is 81.2 cm³/mol. The molecule has 0 spiro atoms. The van der Waals surface area contributed by atoms with Crippen molar-refractivity contribution in [1.82, 2.24) is 20.4 Å². The smallest absolute Gasteiger partial charge is 0.225 e. The summed E-state index contributed by atoms with van der Waals surface area (Å²) in [6.45, 7) is 6.14. The Hall–Kier alpha value is -2.14. The van der Waals surface area contributed by atoms with Crippen molar-refractivity contribution in [3.8, 4) is 5.69 Å². The SMILES string of the molecule is Cc1nn(-c2ccccc2)c(C)c1CNC(=O)C1CNC1. The molecule has 0 radical (unpaired) electrons. The Morgan fingerprint density at radius 1 is 1.33 bits per heavy atom. The summed E-state index contributed by atoms with van der Waals surface area (Å²) in [6, 6.07) is 10.0. The third-order valence-electron chi connectivity index (χ3n) is 4.03. The molecule has 2 N–H and O–H groups in total. The Morgan fingerprint density at radius 3 is 2.67 bits per heavy atom. The van der Waals surface area contributed by atoms with Crippen LogP contribution in [-0.2, 0) is 11.3 Å². The summed E-state index contributed by atoms with van der Waals surface area (Å²) < 4.78 is 1.93. The summed E-state index contributed by atoms with van der Waals surface area (Å²) in [5.74, 6) is 0.245. The first kappa shape index (κ1) is 13.8. The number of aryl methyl sites for hydroxylation is 1. The summed E-state index contributed by atoms with van der Waals surface area (Å²) in [6.07, 6.45) is 0. The molecule has 1 aliphatic heterocycles. The van der Waals surface area contributed by atoms with E-state index in [-0.39, 0.29) is 11.8 Å². The molecule has 3 rings (SSSR count). The normalized spacial score (nSPS) is 14.8. The van der Waals surface area contributed by atoms with E-state index in [1.165, 1.54) is 0 Å². The van der Waals surface area contributed by atoms with Gasteiger partial charge in [-0.3, -0.25) is 4.79 Å². The van der Waals surface area contributed by atoms with Gasteiger partial charge in [-0.25, -0.2) is 4.68 Å². The number of benzene rings is 1. The monoisotopic (exact) mass is 284 g/mol. The maximum atomic E-state index is 11.9. The van der Waals surface area contributed by atoms with Gasteiger partial charge in [-0.05, 0) is 26.0 Å². The van der Waals surface area contributed by atoms with Crippen molar-refractivity contribution in [1.29, 1.82) is 0 Å². The van der Waals surface area contributed by atoms with E-state index in [4.69, 9.17) is 0 Å². The summed E-state index contributed by atoms with van der Waals surface area (Å²) in [4.78, 5) is 11.9. The number of nitrogens with zero attached hydrogens (tertiary/aromatic N) is 2. The van der Waals surface area contributed by atoms with Gasteiger partial charge in [0.1, 0.15) is 0 Å². The van der Waals surface area contributed by atoms with Crippen LogP contribution in [0.1, 0.15) is 17.0 Å². The van der Waals surface area contributed by atoms with Crippen LogP contribution >= 0.6 is 0 Å². The van der Waals surface area contributed by atoms with Crippen molar-refractivity contribution in [2.45, 2.75) is 20.4 Å². The van der Waals surface area contributed by atoms with Gasteiger partial charge >= 0.3 is 0 Å². The average molecular weight is 284 g/mol. The van der Waals surface area contributed by atoms with Gasteiger partial charge in [0.25, 0.3) is 0 Å². The molecule has 1 saturated heterocycles. The van der Waals surface area contributed by atoms with Gasteiger partial charge in [0.15, 0.2) is 0 Å². The quantitative estimate of drug-likeness (QED) is 0.890. The molecule has 1 fully saturated rings. The van der Waals surface area contributed by atoms with Crippen molar-refractivity contribution in [3.05, 3.63) is 47.3 Å². The number of carbonyl (C=O) groups is 1. The highest BCUT2D eigenvalue weighted by molar-refractivity contribution is 5.80. The van der Waals surface area contributed by atoms with Crippen LogP contribution in [0.15, 0.2) is 30.3 Å². The van der Waals surface area contributed by atoms with Crippen molar-refractivity contribution >= 4 is 5.91 Å². The summed E-state index contributed by atoms with van der Waals surface area (Å²) >= 11 is 0. The molecule has 0 aliphatic carbocycles. The molecule has 110 valence electrons. The molecule has 21 heavy (non-hydrogen) atoms. The van der Waals surface area contributed by atoms with Crippen molar-refractivity contribution in [2.24, 2.45) is 5.92 Å². The number of hydrogen-bond acceptors (Lipinski definition) is 3. The molecular formula is C16H20N4O. The molecule has 1 aromatic heterocycles. The van der Waals surface area contributed by atoms with Gasteiger partial charge in [0, 0.05) is 30.9 Å². The standard InChI is InChI=1S/C16H20N4O/c1-11-15(10-18-16(21)13-8-17-9-13)12(2)20(19-11)14-6-4-3-5-7-14/h3-7,13,17H,8-10H2,1-2H3,(H,18,21). The molecule has 5 nitrogen and oxygen atoms in total. The molecule has 1 amide bonds. The number of para-hydroxylation sites is 1. The minimum Gasteiger partial charge on any atom is -0.352 e. The van der Waals surface area contributed by atoms with Crippen molar-refractivity contribution < 1.29 is 4.79 Å². The second-order valence-corrected chi connectivity index (χ2v) is 5.47. The lowest BCUT2D eigenvalue weighted by molar-refractivity contribution is -0.126. The van der Waals surface area contributed by atoms with E-state index in [9.17, 15) is 4.79 Å². The van der Waals surface area contributed by atoms with E-state index >= 15 is 0 Å². The number of amides is 1. The van der Waals surface area contributed by atoms with E-state index in [1.807, 2.05) is 48.9 Å². The molecule has 1 aromatic carbocycles. The van der Waals surface area contributed by atoms with E-state index in [1.54, 1.807) is 0 Å². The van der Waals surface area contributed by atoms with Crippen molar-refractivity contribution in [3.63, 3.8) is 0 Å². The zero-order valence-corrected chi connectivity index (χ0v) is 12.4. The minimum absolute atomic E-state index is 0.120. The first-order valence-corrected chi connectivity index (χ1v) is 7.26. The lowest BCUT2D eigenvalue weighted by atomic mass is 10.0. The van der Waals surface area contributed by atoms with Crippen LogP contribution in [0.3, 0.4) is 0 Å². The summed E-state index contributed by atoms with van der Waals surface area (Å²) in [5.41, 5.74) is 4.17. The zero-order chi connectivity index (χ0) is 14.8. The van der Waals surface area contributed by atoms with E-state index in [2.05, 4.69) is 15.7 Å². The van der Waals surface area contributed by atoms with Gasteiger partial charge in [-0.2, -0.15) is 5.10 Å². The molecule has 2 aromatic rings. The minimum atomic E-state index is 0.120. The Morgan fingerprint density at radius 2 is 2.05 bits per heavy atom. The largest absolute Gasteiger partial charge is 0.352 e. The van der Waals surface area contributed by atoms with Crippen LogP contribution in [0.5, 0.6) is 0 Å². The van der Waals surface area contributed by atoms with E-state index in [0.29, 0.717) is 6.54 Å². The van der Waals surface area contributed by atoms with Crippen LogP contribution in [0.2, 0.25) is 0 Å². The molecule has 0 unspecified atom stereocenters. The third kappa shape index (κ3) is 2.69.